The lowest BCUT2D eigenvalue weighted by molar-refractivity contribution is -0.117. The van der Waals surface area contributed by atoms with Gasteiger partial charge in [0, 0.05) is 0 Å². The molecule has 0 aliphatic carbocycles. The molecule has 14 heavy (non-hydrogen) atoms. The summed E-state index contributed by atoms with van der Waals surface area (Å²) in [5, 5.41) is 6.57. The Bertz CT molecular complexity index is 335. The summed E-state index contributed by atoms with van der Waals surface area (Å²) in [6.45, 7) is 0.930. The molecule has 76 valence electrons. The van der Waals surface area contributed by atoms with E-state index in [0.717, 1.165) is 23.2 Å². The molecular formula is C8H10BrN3OS. The van der Waals surface area contributed by atoms with Crippen molar-refractivity contribution in [1.29, 1.82) is 0 Å². The third kappa shape index (κ3) is 2.31. The molecule has 1 fully saturated rings. The first-order valence-corrected chi connectivity index (χ1v) is 6.02. The Hall–Kier alpha value is -0.460. The molecule has 1 amide bonds. The molecule has 0 saturated carbocycles. The predicted octanol–water partition coefficient (Wildman–Crippen LogP) is 1.60. The predicted molar refractivity (Wildman–Crippen MR) is 59.5 cm³/mol. The summed E-state index contributed by atoms with van der Waals surface area (Å²) < 4.78 is 0.923. The van der Waals surface area contributed by atoms with Crippen molar-refractivity contribution in [1.82, 2.24) is 10.3 Å². The van der Waals surface area contributed by atoms with E-state index in [1.54, 1.807) is 6.20 Å². The first-order valence-electron chi connectivity index (χ1n) is 4.41. The van der Waals surface area contributed by atoms with Gasteiger partial charge in [0.15, 0.2) is 5.13 Å². The van der Waals surface area contributed by atoms with Gasteiger partial charge in [-0.25, -0.2) is 4.98 Å². The van der Waals surface area contributed by atoms with Crippen LogP contribution < -0.4 is 10.6 Å². The van der Waals surface area contributed by atoms with Crippen LogP contribution in [0.1, 0.15) is 12.8 Å². The lowest BCUT2D eigenvalue weighted by Gasteiger charge is -2.08. The molecule has 1 aliphatic heterocycles. The summed E-state index contributed by atoms with van der Waals surface area (Å²) >= 11 is 4.72. The molecule has 2 rings (SSSR count). The van der Waals surface area contributed by atoms with Crippen LogP contribution in [0.2, 0.25) is 0 Å². The van der Waals surface area contributed by atoms with Crippen molar-refractivity contribution < 1.29 is 4.79 Å². The Kier molecular flexibility index (Phi) is 3.15. The molecule has 1 aromatic heterocycles. The molecular weight excluding hydrogens is 266 g/mol. The number of thiazole rings is 1. The zero-order chi connectivity index (χ0) is 9.97. The SMILES string of the molecule is O=C(Nc1ncc(Br)s1)C1CCCN1. The van der Waals surface area contributed by atoms with Crippen molar-refractivity contribution in [3.63, 3.8) is 0 Å². The molecule has 1 atom stereocenters. The van der Waals surface area contributed by atoms with Crippen LogP contribution in [0.15, 0.2) is 9.98 Å². The van der Waals surface area contributed by atoms with E-state index in [1.165, 1.54) is 11.3 Å². The highest BCUT2D eigenvalue weighted by Gasteiger charge is 2.22. The minimum Gasteiger partial charge on any atom is -0.306 e. The maximum atomic E-state index is 11.6. The average molecular weight is 276 g/mol. The van der Waals surface area contributed by atoms with Gasteiger partial charge >= 0.3 is 0 Å². The monoisotopic (exact) mass is 275 g/mol. The average Bonchev–Trinajstić information content (AvgIpc) is 2.75. The van der Waals surface area contributed by atoms with Gasteiger partial charge < -0.3 is 10.6 Å². The molecule has 0 spiro atoms. The summed E-state index contributed by atoms with van der Waals surface area (Å²) in [6.07, 6.45) is 3.67. The smallest absolute Gasteiger partial charge is 0.243 e. The Labute approximate surface area is 94.2 Å². The van der Waals surface area contributed by atoms with Crippen LogP contribution in [-0.4, -0.2) is 23.5 Å². The lowest BCUT2D eigenvalue weighted by atomic mass is 10.2. The summed E-state index contributed by atoms with van der Waals surface area (Å²) in [6, 6.07) is -0.0438. The fourth-order valence-corrected chi connectivity index (χ4v) is 2.52. The van der Waals surface area contributed by atoms with E-state index in [0.29, 0.717) is 5.13 Å². The minimum atomic E-state index is -0.0438. The third-order valence-corrected chi connectivity index (χ3v) is 3.48. The van der Waals surface area contributed by atoms with E-state index in [9.17, 15) is 4.79 Å². The van der Waals surface area contributed by atoms with Crippen LogP contribution >= 0.6 is 27.3 Å². The lowest BCUT2D eigenvalue weighted by Crippen LogP contribution is -2.35. The van der Waals surface area contributed by atoms with Crippen LogP contribution in [0.4, 0.5) is 5.13 Å². The zero-order valence-electron chi connectivity index (χ0n) is 7.42. The second kappa shape index (κ2) is 4.37. The summed E-state index contributed by atoms with van der Waals surface area (Å²) in [7, 11) is 0. The second-order valence-electron chi connectivity index (χ2n) is 3.11. The van der Waals surface area contributed by atoms with Gasteiger partial charge in [-0.2, -0.15) is 0 Å². The maximum Gasteiger partial charge on any atom is 0.243 e. The largest absolute Gasteiger partial charge is 0.306 e. The first kappa shape index (κ1) is 10.1. The van der Waals surface area contributed by atoms with Gasteiger partial charge in [0.05, 0.1) is 16.0 Å². The maximum absolute atomic E-state index is 11.6. The van der Waals surface area contributed by atoms with Crippen LogP contribution in [0.25, 0.3) is 0 Å². The van der Waals surface area contributed by atoms with E-state index in [-0.39, 0.29) is 11.9 Å². The molecule has 1 aliphatic rings. The fraction of sp³-hybridized carbons (Fsp3) is 0.500. The molecule has 4 nitrogen and oxygen atoms in total. The first-order chi connectivity index (χ1) is 6.75. The van der Waals surface area contributed by atoms with Crippen LogP contribution in [0, 0.1) is 0 Å². The summed E-state index contributed by atoms with van der Waals surface area (Å²) in [4.78, 5) is 15.6. The number of rotatable bonds is 2. The fourth-order valence-electron chi connectivity index (χ4n) is 1.41. The molecule has 0 bridgehead atoms. The van der Waals surface area contributed by atoms with Crippen molar-refractivity contribution >= 4 is 38.3 Å². The summed E-state index contributed by atoms with van der Waals surface area (Å²) in [5.41, 5.74) is 0. The van der Waals surface area contributed by atoms with Crippen molar-refractivity contribution in [2.45, 2.75) is 18.9 Å². The number of hydrogen-bond acceptors (Lipinski definition) is 4. The van der Waals surface area contributed by atoms with Crippen LogP contribution in [0.5, 0.6) is 0 Å². The quantitative estimate of drug-likeness (QED) is 0.862. The van der Waals surface area contributed by atoms with E-state index in [4.69, 9.17) is 0 Å². The normalized spacial score (nSPS) is 21.1. The molecule has 1 saturated heterocycles. The highest BCUT2D eigenvalue weighted by atomic mass is 79.9. The number of nitrogens with zero attached hydrogens (tertiary/aromatic N) is 1. The van der Waals surface area contributed by atoms with E-state index >= 15 is 0 Å². The molecule has 2 N–H and O–H groups in total. The molecule has 0 radical (unpaired) electrons. The molecule has 6 heteroatoms. The van der Waals surface area contributed by atoms with Gasteiger partial charge in [0.2, 0.25) is 5.91 Å². The van der Waals surface area contributed by atoms with E-state index in [2.05, 4.69) is 31.5 Å². The Morgan fingerprint density at radius 2 is 2.64 bits per heavy atom. The van der Waals surface area contributed by atoms with E-state index < -0.39 is 0 Å². The number of nitrogens with one attached hydrogen (secondary N) is 2. The van der Waals surface area contributed by atoms with Gasteiger partial charge in [0.1, 0.15) is 0 Å². The third-order valence-electron chi connectivity index (χ3n) is 2.08. The number of anilines is 1. The van der Waals surface area contributed by atoms with Gasteiger partial charge in [-0.3, -0.25) is 4.79 Å². The Morgan fingerprint density at radius 3 is 3.21 bits per heavy atom. The Morgan fingerprint density at radius 1 is 1.79 bits per heavy atom. The minimum absolute atomic E-state index is 0.0179. The topological polar surface area (TPSA) is 54.0 Å². The van der Waals surface area contributed by atoms with Crippen LogP contribution in [0.3, 0.4) is 0 Å². The molecule has 0 aromatic carbocycles. The molecule has 1 aromatic rings. The van der Waals surface area contributed by atoms with Crippen molar-refractivity contribution in [2.75, 3.05) is 11.9 Å². The summed E-state index contributed by atoms with van der Waals surface area (Å²) in [5.74, 6) is 0.0179. The second-order valence-corrected chi connectivity index (χ2v) is 5.52. The zero-order valence-corrected chi connectivity index (χ0v) is 9.82. The highest BCUT2D eigenvalue weighted by molar-refractivity contribution is 9.11. The van der Waals surface area contributed by atoms with Crippen LogP contribution in [-0.2, 0) is 4.79 Å². The standard InChI is InChI=1S/C8H10BrN3OS/c9-6-4-11-8(14-6)12-7(13)5-2-1-3-10-5/h4-5,10H,1-3H2,(H,11,12,13). The van der Waals surface area contributed by atoms with Gasteiger partial charge in [-0.15, -0.1) is 0 Å². The number of amides is 1. The van der Waals surface area contributed by atoms with E-state index in [1.807, 2.05) is 0 Å². The number of carbonyl (C=O) groups is 1. The van der Waals surface area contributed by atoms with Crippen molar-refractivity contribution in [3.05, 3.63) is 9.98 Å². The van der Waals surface area contributed by atoms with Gasteiger partial charge in [0.25, 0.3) is 0 Å². The highest BCUT2D eigenvalue weighted by Crippen LogP contribution is 2.23. The molecule has 1 unspecified atom stereocenters. The number of carbonyl (C=O) groups excluding carboxylic acids is 1. The number of aromatic nitrogens is 1. The molecule has 2 heterocycles. The van der Waals surface area contributed by atoms with Gasteiger partial charge in [-0.1, -0.05) is 11.3 Å². The number of halogens is 1. The Balaban J connectivity index is 1.93. The van der Waals surface area contributed by atoms with Crippen molar-refractivity contribution in [3.8, 4) is 0 Å². The number of hydrogen-bond donors (Lipinski definition) is 2. The van der Waals surface area contributed by atoms with Gasteiger partial charge in [-0.05, 0) is 35.3 Å². The van der Waals surface area contributed by atoms with Crippen molar-refractivity contribution in [2.24, 2.45) is 0 Å².